The van der Waals surface area contributed by atoms with E-state index in [0.717, 1.165) is 11.0 Å². The van der Waals surface area contributed by atoms with Crippen LogP contribution in [0.25, 0.3) is 0 Å². The summed E-state index contributed by atoms with van der Waals surface area (Å²) in [5.74, 6) is -2.49. The van der Waals surface area contributed by atoms with Crippen molar-refractivity contribution in [3.63, 3.8) is 0 Å². The maximum atomic E-state index is 14.3. The van der Waals surface area contributed by atoms with Gasteiger partial charge in [-0.3, -0.25) is 24.2 Å². The Hall–Kier alpha value is -3.62. The van der Waals surface area contributed by atoms with Gasteiger partial charge >= 0.3 is 6.03 Å². The lowest BCUT2D eigenvalue weighted by Crippen LogP contribution is -2.37. The van der Waals surface area contributed by atoms with Crippen molar-refractivity contribution in [2.24, 2.45) is 0 Å². The molecule has 1 atom stereocenters. The Labute approximate surface area is 177 Å². The van der Waals surface area contributed by atoms with Gasteiger partial charge in [-0.1, -0.05) is 12.1 Å². The Morgan fingerprint density at radius 3 is 2.35 bits per heavy atom. The Bertz CT molecular complexity index is 1040. The van der Waals surface area contributed by atoms with Crippen LogP contribution in [0.1, 0.15) is 29.8 Å². The van der Waals surface area contributed by atoms with Gasteiger partial charge in [0.05, 0.1) is 6.54 Å². The van der Waals surface area contributed by atoms with Crippen LogP contribution in [0, 0.1) is 11.6 Å². The summed E-state index contributed by atoms with van der Waals surface area (Å²) in [5.41, 5.74) is 0.681. The minimum absolute atomic E-state index is 0.0225. The third-order valence-electron chi connectivity index (χ3n) is 5.00. The van der Waals surface area contributed by atoms with Gasteiger partial charge in [0.15, 0.2) is 5.78 Å². The number of hydrogen-bond acceptors (Lipinski definition) is 4. The van der Waals surface area contributed by atoms with E-state index in [9.17, 15) is 28.0 Å². The van der Waals surface area contributed by atoms with Gasteiger partial charge in [0.1, 0.15) is 17.7 Å². The molecular weight excluding hydrogens is 408 g/mol. The number of hydrogen-bond donors (Lipinski definition) is 1. The lowest BCUT2D eigenvalue weighted by atomic mass is 10.0. The minimum atomic E-state index is -0.862. The average Bonchev–Trinajstić information content (AvgIpc) is 2.93. The molecule has 7 nitrogen and oxygen atoms in total. The first-order valence-corrected chi connectivity index (χ1v) is 9.65. The summed E-state index contributed by atoms with van der Waals surface area (Å²) in [7, 11) is 0. The molecule has 2 aromatic rings. The van der Waals surface area contributed by atoms with E-state index in [4.69, 9.17) is 0 Å². The van der Waals surface area contributed by atoms with E-state index in [2.05, 4.69) is 5.32 Å². The normalized spacial score (nSPS) is 16.1. The summed E-state index contributed by atoms with van der Waals surface area (Å²) >= 11 is 0. The fourth-order valence-electron chi connectivity index (χ4n) is 3.34. The highest BCUT2D eigenvalue weighted by Crippen LogP contribution is 2.26. The van der Waals surface area contributed by atoms with Gasteiger partial charge in [-0.2, -0.15) is 0 Å². The molecule has 9 heteroatoms. The van der Waals surface area contributed by atoms with Crippen molar-refractivity contribution >= 4 is 29.3 Å². The SMILES string of the molecule is CC(=O)NCCc1ccc(C(=O)CN2C(=O)[C@H](C)N(c3ccc(F)cc3)C2=O)cc1F. The van der Waals surface area contributed by atoms with E-state index in [0.29, 0.717) is 11.3 Å². The van der Waals surface area contributed by atoms with Crippen LogP contribution in [0.2, 0.25) is 0 Å². The maximum absolute atomic E-state index is 14.3. The standard InChI is InChI=1S/C22H21F2N3O4/c1-13-21(30)26(22(31)27(13)18-7-5-17(23)6-8-18)12-20(29)16-4-3-15(19(24)11-16)9-10-25-14(2)28/h3-8,11,13H,9-10,12H2,1-2H3,(H,25,28)/t13-/m0/s1. The number of carbonyl (C=O) groups is 4. The number of anilines is 1. The van der Waals surface area contributed by atoms with E-state index >= 15 is 0 Å². The average molecular weight is 429 g/mol. The Kier molecular flexibility index (Phi) is 6.43. The number of Topliss-reactive ketones (excluding diaryl/α,β-unsaturated/α-hetero) is 1. The highest BCUT2D eigenvalue weighted by atomic mass is 19.1. The first-order chi connectivity index (χ1) is 14.7. The van der Waals surface area contributed by atoms with Crippen molar-refractivity contribution in [2.75, 3.05) is 18.0 Å². The van der Waals surface area contributed by atoms with Crippen molar-refractivity contribution in [3.05, 3.63) is 65.2 Å². The van der Waals surface area contributed by atoms with Gasteiger partial charge in [-0.05, 0) is 49.2 Å². The molecule has 1 aliphatic heterocycles. The predicted molar refractivity (Wildman–Crippen MR) is 109 cm³/mol. The number of rotatable bonds is 7. The largest absolute Gasteiger partial charge is 0.356 e. The summed E-state index contributed by atoms with van der Waals surface area (Å²) in [6, 6.07) is 7.43. The molecule has 1 saturated heterocycles. The summed E-state index contributed by atoms with van der Waals surface area (Å²) < 4.78 is 27.5. The van der Waals surface area contributed by atoms with Gasteiger partial charge in [-0.25, -0.2) is 13.6 Å². The zero-order valence-electron chi connectivity index (χ0n) is 17.0. The molecule has 3 rings (SSSR count). The first kappa shape index (κ1) is 22.1. The number of carbonyl (C=O) groups excluding carboxylic acids is 4. The second-order valence-corrected chi connectivity index (χ2v) is 7.19. The molecule has 1 heterocycles. The first-order valence-electron chi connectivity index (χ1n) is 9.65. The highest BCUT2D eigenvalue weighted by molar-refractivity contribution is 6.16. The fourth-order valence-corrected chi connectivity index (χ4v) is 3.34. The van der Waals surface area contributed by atoms with Gasteiger partial charge in [-0.15, -0.1) is 0 Å². The number of ketones is 1. The highest BCUT2D eigenvalue weighted by Gasteiger charge is 2.44. The van der Waals surface area contributed by atoms with E-state index in [1.54, 1.807) is 0 Å². The Balaban J connectivity index is 1.71. The van der Waals surface area contributed by atoms with Gasteiger partial charge in [0.25, 0.3) is 5.91 Å². The quantitative estimate of drug-likeness (QED) is 0.542. The van der Waals surface area contributed by atoms with Crippen molar-refractivity contribution in [2.45, 2.75) is 26.3 Å². The van der Waals surface area contributed by atoms with Crippen LogP contribution in [0.5, 0.6) is 0 Å². The Morgan fingerprint density at radius 1 is 1.06 bits per heavy atom. The lowest BCUT2D eigenvalue weighted by Gasteiger charge is -2.19. The molecule has 1 aliphatic rings. The summed E-state index contributed by atoms with van der Waals surface area (Å²) in [6.45, 7) is 2.59. The molecule has 1 N–H and O–H groups in total. The molecular formula is C22H21F2N3O4. The van der Waals surface area contributed by atoms with Crippen LogP contribution in [-0.4, -0.2) is 47.7 Å². The second kappa shape index (κ2) is 9.03. The maximum Gasteiger partial charge on any atom is 0.332 e. The molecule has 0 aliphatic carbocycles. The van der Waals surface area contributed by atoms with E-state index < -0.39 is 41.9 Å². The molecule has 1 fully saturated rings. The van der Waals surface area contributed by atoms with E-state index in [-0.39, 0.29) is 24.4 Å². The van der Waals surface area contributed by atoms with Gasteiger partial charge in [0, 0.05) is 24.7 Å². The predicted octanol–water partition coefficient (Wildman–Crippen LogP) is 2.68. The monoisotopic (exact) mass is 429 g/mol. The molecule has 162 valence electrons. The van der Waals surface area contributed by atoms with Crippen LogP contribution in [0.15, 0.2) is 42.5 Å². The zero-order chi connectivity index (χ0) is 22.7. The van der Waals surface area contributed by atoms with Crippen LogP contribution < -0.4 is 10.2 Å². The lowest BCUT2D eigenvalue weighted by molar-refractivity contribution is -0.126. The smallest absolute Gasteiger partial charge is 0.332 e. The summed E-state index contributed by atoms with van der Waals surface area (Å²) in [5, 5.41) is 2.56. The Morgan fingerprint density at radius 2 is 1.74 bits per heavy atom. The van der Waals surface area contributed by atoms with Gasteiger partial charge < -0.3 is 5.32 Å². The number of urea groups is 1. The number of amides is 4. The number of halogens is 2. The number of nitrogens with zero attached hydrogens (tertiary/aromatic N) is 2. The molecule has 31 heavy (non-hydrogen) atoms. The van der Waals surface area contributed by atoms with Crippen LogP contribution in [0.3, 0.4) is 0 Å². The summed E-state index contributed by atoms with van der Waals surface area (Å²) in [6.07, 6.45) is 0.257. The molecule has 0 radical (unpaired) electrons. The molecule has 0 aromatic heterocycles. The molecule has 0 unspecified atom stereocenters. The van der Waals surface area contributed by atoms with Crippen molar-refractivity contribution in [1.29, 1.82) is 0 Å². The second-order valence-electron chi connectivity index (χ2n) is 7.19. The zero-order valence-corrected chi connectivity index (χ0v) is 17.0. The molecule has 2 aromatic carbocycles. The van der Waals surface area contributed by atoms with Crippen LogP contribution in [-0.2, 0) is 16.0 Å². The molecule has 0 spiro atoms. The molecule has 0 saturated carbocycles. The third-order valence-corrected chi connectivity index (χ3v) is 5.00. The number of nitrogens with one attached hydrogen (secondary N) is 1. The molecule has 0 bridgehead atoms. The number of benzene rings is 2. The van der Waals surface area contributed by atoms with Gasteiger partial charge in [0.2, 0.25) is 5.91 Å². The van der Waals surface area contributed by atoms with Crippen molar-refractivity contribution < 1.29 is 28.0 Å². The summed E-state index contributed by atoms with van der Waals surface area (Å²) in [4.78, 5) is 50.8. The van der Waals surface area contributed by atoms with Crippen LogP contribution >= 0.6 is 0 Å². The topological polar surface area (TPSA) is 86.8 Å². The van der Waals surface area contributed by atoms with E-state index in [1.165, 1.54) is 55.1 Å². The molecule has 4 amide bonds. The number of imide groups is 1. The third kappa shape index (κ3) is 4.76. The minimum Gasteiger partial charge on any atom is -0.356 e. The van der Waals surface area contributed by atoms with Crippen LogP contribution in [0.4, 0.5) is 19.3 Å². The fraction of sp³-hybridized carbons (Fsp3) is 0.273. The van der Waals surface area contributed by atoms with E-state index in [1.807, 2.05) is 0 Å². The van der Waals surface area contributed by atoms with Crippen molar-refractivity contribution in [3.8, 4) is 0 Å². The van der Waals surface area contributed by atoms with Crippen molar-refractivity contribution in [1.82, 2.24) is 10.2 Å².